The first-order valence-electron chi connectivity index (χ1n) is 10.2. The van der Waals surface area contributed by atoms with E-state index in [1.54, 1.807) is 18.2 Å². The topological polar surface area (TPSA) is 86.3 Å². The lowest BCUT2D eigenvalue weighted by molar-refractivity contribution is -0.117. The van der Waals surface area contributed by atoms with Crippen molar-refractivity contribution >= 4 is 40.9 Å². The lowest BCUT2D eigenvalue weighted by atomic mass is 10.1. The summed E-state index contributed by atoms with van der Waals surface area (Å²) in [5, 5.41) is 13.0. The lowest BCUT2D eigenvalue weighted by Gasteiger charge is -2.19. The zero-order valence-corrected chi connectivity index (χ0v) is 19.3. The summed E-state index contributed by atoms with van der Waals surface area (Å²) in [6, 6.07) is 20.2. The van der Waals surface area contributed by atoms with Crippen LogP contribution >= 0.6 is 23.4 Å². The lowest BCUT2D eigenvalue weighted by Crippen LogP contribution is -2.32. The number of furan rings is 1. The zero-order valence-electron chi connectivity index (χ0n) is 17.7. The van der Waals surface area contributed by atoms with E-state index >= 15 is 0 Å². The monoisotopic (exact) mass is 477 g/mol. The van der Waals surface area contributed by atoms with Gasteiger partial charge >= 0.3 is 0 Å². The predicted molar refractivity (Wildman–Crippen MR) is 128 cm³/mol. The number of nitriles is 1. The molecule has 1 saturated heterocycles. The smallest absolute Gasteiger partial charge is 0.265 e. The number of carbonyl (C=O) groups is 2. The molecule has 6 nitrogen and oxygen atoms in total. The molecule has 2 heterocycles. The van der Waals surface area contributed by atoms with Crippen molar-refractivity contribution in [2.45, 2.75) is 25.1 Å². The van der Waals surface area contributed by atoms with Crippen LogP contribution in [0, 0.1) is 18.3 Å². The molecule has 1 unspecified atom stereocenters. The first-order chi connectivity index (χ1) is 16.0. The molecule has 0 bridgehead atoms. The molecule has 33 heavy (non-hydrogen) atoms. The van der Waals surface area contributed by atoms with E-state index in [9.17, 15) is 14.9 Å². The van der Waals surface area contributed by atoms with Crippen molar-refractivity contribution in [2.75, 3.05) is 4.90 Å². The SMILES string of the molecule is Cc1ccc(N2C(=O)C(Cc3cccc(Cl)c3)SC2=C(C#N)C(=O)NCc2ccco2)cc1. The molecule has 1 aromatic heterocycles. The van der Waals surface area contributed by atoms with Crippen LogP contribution in [0.3, 0.4) is 0 Å². The number of halogens is 1. The van der Waals surface area contributed by atoms with Gasteiger partial charge in [0.25, 0.3) is 5.91 Å². The minimum atomic E-state index is -0.565. The number of amides is 2. The Kier molecular flexibility index (Phi) is 6.87. The molecule has 2 aromatic carbocycles. The summed E-state index contributed by atoms with van der Waals surface area (Å²) in [4.78, 5) is 27.8. The second-order valence-electron chi connectivity index (χ2n) is 7.50. The van der Waals surface area contributed by atoms with Crippen molar-refractivity contribution < 1.29 is 14.0 Å². The maximum Gasteiger partial charge on any atom is 0.265 e. The normalized spacial score (nSPS) is 17.1. The summed E-state index contributed by atoms with van der Waals surface area (Å²) in [5.41, 5.74) is 2.43. The van der Waals surface area contributed by atoms with Gasteiger partial charge in [-0.1, -0.05) is 53.2 Å². The van der Waals surface area contributed by atoms with Crippen molar-refractivity contribution in [3.63, 3.8) is 0 Å². The molecule has 166 valence electrons. The minimum absolute atomic E-state index is 0.117. The van der Waals surface area contributed by atoms with E-state index < -0.39 is 11.2 Å². The Balaban J connectivity index is 1.68. The van der Waals surface area contributed by atoms with E-state index in [0.717, 1.165) is 11.1 Å². The van der Waals surface area contributed by atoms with Gasteiger partial charge in [0.1, 0.15) is 22.4 Å². The van der Waals surface area contributed by atoms with E-state index in [0.29, 0.717) is 27.9 Å². The number of nitrogens with one attached hydrogen (secondary N) is 1. The van der Waals surface area contributed by atoms with Crippen molar-refractivity contribution in [3.8, 4) is 6.07 Å². The molecular formula is C25H20ClN3O3S. The van der Waals surface area contributed by atoms with Crippen LogP contribution in [0.5, 0.6) is 0 Å². The molecule has 1 N–H and O–H groups in total. The predicted octanol–water partition coefficient (Wildman–Crippen LogP) is 4.98. The van der Waals surface area contributed by atoms with Crippen LogP contribution in [0.25, 0.3) is 0 Å². The number of rotatable bonds is 6. The summed E-state index contributed by atoms with van der Waals surface area (Å²) in [6.45, 7) is 2.09. The van der Waals surface area contributed by atoms with E-state index in [4.69, 9.17) is 16.0 Å². The van der Waals surface area contributed by atoms with Gasteiger partial charge in [0.15, 0.2) is 0 Å². The molecule has 2 amide bonds. The number of benzene rings is 2. The van der Waals surface area contributed by atoms with Crippen LogP contribution < -0.4 is 10.2 Å². The van der Waals surface area contributed by atoms with Gasteiger partial charge in [-0.05, 0) is 55.3 Å². The Morgan fingerprint density at radius 2 is 2.00 bits per heavy atom. The zero-order chi connectivity index (χ0) is 23.4. The largest absolute Gasteiger partial charge is 0.467 e. The molecule has 0 radical (unpaired) electrons. The first kappa shape index (κ1) is 22.7. The van der Waals surface area contributed by atoms with Gasteiger partial charge in [0.05, 0.1) is 18.1 Å². The van der Waals surface area contributed by atoms with Crippen LogP contribution in [-0.4, -0.2) is 17.1 Å². The van der Waals surface area contributed by atoms with Crippen molar-refractivity contribution in [1.29, 1.82) is 5.26 Å². The third-order valence-electron chi connectivity index (χ3n) is 5.11. The minimum Gasteiger partial charge on any atom is -0.467 e. The Morgan fingerprint density at radius 1 is 1.21 bits per heavy atom. The molecule has 1 aliphatic rings. The molecule has 8 heteroatoms. The number of carbonyl (C=O) groups excluding carboxylic acids is 2. The van der Waals surface area contributed by atoms with Gasteiger partial charge < -0.3 is 9.73 Å². The molecule has 0 spiro atoms. The third kappa shape index (κ3) is 5.14. The third-order valence-corrected chi connectivity index (χ3v) is 6.61. The van der Waals surface area contributed by atoms with Crippen LogP contribution in [0.15, 0.2) is 81.9 Å². The standard InChI is InChI=1S/C25H20ClN3O3S/c1-16-7-9-19(10-8-16)29-24(31)22(13-17-4-2-5-18(26)12-17)33-25(29)21(14-27)23(30)28-15-20-6-3-11-32-20/h2-12,22H,13,15H2,1H3,(H,28,30). The average Bonchev–Trinajstić information content (AvgIpc) is 3.42. The highest BCUT2D eigenvalue weighted by Gasteiger charge is 2.40. The fourth-order valence-corrected chi connectivity index (χ4v) is 4.98. The Morgan fingerprint density at radius 3 is 2.67 bits per heavy atom. The molecule has 1 atom stereocenters. The second kappa shape index (κ2) is 9.99. The maximum absolute atomic E-state index is 13.5. The van der Waals surface area contributed by atoms with E-state index in [1.807, 2.05) is 55.5 Å². The Labute approximate surface area is 200 Å². The molecule has 4 rings (SSSR count). The van der Waals surface area contributed by atoms with Crippen LogP contribution in [-0.2, 0) is 22.6 Å². The summed E-state index contributed by atoms with van der Waals surface area (Å²) in [7, 11) is 0. The van der Waals surface area contributed by atoms with Crippen molar-refractivity contribution in [2.24, 2.45) is 0 Å². The maximum atomic E-state index is 13.5. The van der Waals surface area contributed by atoms with E-state index in [2.05, 4.69) is 5.32 Å². The van der Waals surface area contributed by atoms with Gasteiger partial charge in [0.2, 0.25) is 5.91 Å². The van der Waals surface area contributed by atoms with Gasteiger partial charge in [-0.15, -0.1) is 0 Å². The van der Waals surface area contributed by atoms with Crippen LogP contribution in [0.1, 0.15) is 16.9 Å². The van der Waals surface area contributed by atoms with Crippen LogP contribution in [0.4, 0.5) is 5.69 Å². The highest BCUT2D eigenvalue weighted by Crippen LogP contribution is 2.42. The number of hydrogen-bond donors (Lipinski definition) is 1. The number of hydrogen-bond acceptors (Lipinski definition) is 5. The van der Waals surface area contributed by atoms with Gasteiger partial charge in [0, 0.05) is 10.7 Å². The summed E-state index contributed by atoms with van der Waals surface area (Å²) in [5.74, 6) is -0.190. The molecule has 0 saturated carbocycles. The first-order valence-corrected chi connectivity index (χ1v) is 11.5. The quantitative estimate of drug-likeness (QED) is 0.399. The fourth-order valence-electron chi connectivity index (χ4n) is 3.46. The number of anilines is 1. The fraction of sp³-hybridized carbons (Fsp3) is 0.160. The van der Waals surface area contributed by atoms with Crippen LogP contribution in [0.2, 0.25) is 5.02 Å². The van der Waals surface area contributed by atoms with Gasteiger partial charge in [-0.2, -0.15) is 5.26 Å². The number of thioether (sulfide) groups is 1. The average molecular weight is 478 g/mol. The highest BCUT2D eigenvalue weighted by atomic mass is 35.5. The molecule has 0 aliphatic carbocycles. The molecule has 1 aliphatic heterocycles. The van der Waals surface area contributed by atoms with Gasteiger partial charge in [-0.25, -0.2) is 0 Å². The Hall–Kier alpha value is -3.47. The van der Waals surface area contributed by atoms with Crippen molar-refractivity contribution in [3.05, 3.63) is 99.4 Å². The highest BCUT2D eigenvalue weighted by molar-refractivity contribution is 8.05. The second-order valence-corrected chi connectivity index (χ2v) is 9.13. The molecular weight excluding hydrogens is 458 g/mol. The Bertz CT molecular complexity index is 1250. The summed E-state index contributed by atoms with van der Waals surface area (Å²) >= 11 is 7.33. The number of nitrogens with zero attached hydrogens (tertiary/aromatic N) is 2. The van der Waals surface area contributed by atoms with Gasteiger partial charge in [-0.3, -0.25) is 14.5 Å². The molecule has 3 aromatic rings. The summed E-state index contributed by atoms with van der Waals surface area (Å²) < 4.78 is 5.24. The summed E-state index contributed by atoms with van der Waals surface area (Å²) in [6.07, 6.45) is 1.93. The van der Waals surface area contributed by atoms with Crippen molar-refractivity contribution in [1.82, 2.24) is 5.32 Å². The molecule has 1 fully saturated rings. The van der Waals surface area contributed by atoms with E-state index in [1.165, 1.54) is 22.9 Å². The number of aryl methyl sites for hydroxylation is 1. The van der Waals surface area contributed by atoms with E-state index in [-0.39, 0.29) is 18.0 Å².